The molecule has 0 heterocycles. The van der Waals surface area contributed by atoms with Gasteiger partial charge in [-0.25, -0.2) is 9.59 Å². The molecule has 1 rings (SSSR count). The number of methoxy groups -OCH3 is 1. The molecule has 23 heavy (non-hydrogen) atoms. The lowest BCUT2D eigenvalue weighted by molar-refractivity contribution is -0.150. The van der Waals surface area contributed by atoms with Crippen LogP contribution in [0.1, 0.15) is 5.56 Å². The summed E-state index contributed by atoms with van der Waals surface area (Å²) in [5, 5.41) is 9.47. The number of hydrogen-bond donors (Lipinski definition) is 2. The van der Waals surface area contributed by atoms with Crippen molar-refractivity contribution in [3.63, 3.8) is 0 Å². The van der Waals surface area contributed by atoms with Gasteiger partial charge in [-0.15, -0.1) is 0 Å². The van der Waals surface area contributed by atoms with E-state index >= 15 is 0 Å². The molecule has 0 aliphatic rings. The number of hydrogen-bond acceptors (Lipinski definition) is 6. The first-order chi connectivity index (χ1) is 10.7. The van der Waals surface area contributed by atoms with Crippen molar-refractivity contribution in [3.05, 3.63) is 35.9 Å². The third kappa shape index (κ3) is 6.94. The smallest absolute Gasteiger partial charge is 0.410 e. The molecule has 0 bridgehead atoms. The van der Waals surface area contributed by atoms with Gasteiger partial charge in [0.25, 0.3) is 10.0 Å². The van der Waals surface area contributed by atoms with Gasteiger partial charge < -0.3 is 14.2 Å². The van der Waals surface area contributed by atoms with Crippen LogP contribution in [-0.2, 0) is 25.6 Å². The summed E-state index contributed by atoms with van der Waals surface area (Å²) in [4.78, 5) is 23.2. The van der Waals surface area contributed by atoms with Crippen LogP contribution < -0.4 is 5.32 Å². The van der Waals surface area contributed by atoms with Crippen LogP contribution in [0.3, 0.4) is 0 Å². The lowest BCUT2D eigenvalue weighted by Crippen LogP contribution is -2.46. The molecule has 1 aromatic rings. The molecule has 0 saturated heterocycles. The maximum atomic E-state index is 11.7. The van der Waals surface area contributed by atoms with E-state index in [9.17, 15) is 9.59 Å². The molecule has 1 unspecified atom stereocenters. The van der Waals surface area contributed by atoms with Gasteiger partial charge in [0.05, 0.1) is 7.11 Å². The van der Waals surface area contributed by atoms with Crippen LogP contribution in [0.15, 0.2) is 30.3 Å². The number of rotatable bonds is 5. The zero-order valence-corrected chi connectivity index (χ0v) is 14.1. The lowest BCUT2D eigenvalue weighted by atomic mass is 10.2. The SMILES string of the molecule is COC(=O)C(NC(=O)OCc1ccccc1)OC(=N)C(Cl)(Cl)Cl. The second-order valence-electron chi connectivity index (χ2n) is 4.05. The molecule has 7 nitrogen and oxygen atoms in total. The van der Waals surface area contributed by atoms with Crippen LogP contribution in [-0.4, -0.2) is 35.1 Å². The van der Waals surface area contributed by atoms with Crippen LogP contribution in [0, 0.1) is 5.41 Å². The minimum atomic E-state index is -2.19. The van der Waals surface area contributed by atoms with Crippen LogP contribution in [0.5, 0.6) is 0 Å². The Labute approximate surface area is 147 Å². The number of esters is 1. The fourth-order valence-corrected chi connectivity index (χ4v) is 1.43. The van der Waals surface area contributed by atoms with Crippen molar-refractivity contribution in [3.8, 4) is 0 Å². The number of benzene rings is 1. The van der Waals surface area contributed by atoms with Gasteiger partial charge in [-0.3, -0.25) is 10.7 Å². The van der Waals surface area contributed by atoms with Crippen LogP contribution in [0.4, 0.5) is 4.79 Å². The third-order valence-corrected chi connectivity index (χ3v) is 2.89. The number of carbonyl (C=O) groups is 2. The van der Waals surface area contributed by atoms with Crippen molar-refractivity contribution in [1.82, 2.24) is 5.32 Å². The molecule has 0 saturated carbocycles. The van der Waals surface area contributed by atoms with Gasteiger partial charge in [0.15, 0.2) is 0 Å². The number of alkyl halides is 3. The highest BCUT2D eigenvalue weighted by molar-refractivity contribution is 6.76. The lowest BCUT2D eigenvalue weighted by Gasteiger charge is -2.20. The van der Waals surface area contributed by atoms with Crippen molar-refractivity contribution in [2.75, 3.05) is 7.11 Å². The van der Waals surface area contributed by atoms with Crippen molar-refractivity contribution in [2.45, 2.75) is 16.6 Å². The van der Waals surface area contributed by atoms with Crippen molar-refractivity contribution in [2.24, 2.45) is 0 Å². The molecular formula is C13H13Cl3N2O5. The average Bonchev–Trinajstić information content (AvgIpc) is 2.51. The fraction of sp³-hybridized carbons (Fsp3) is 0.308. The van der Waals surface area contributed by atoms with Gasteiger partial charge in [-0.1, -0.05) is 65.1 Å². The van der Waals surface area contributed by atoms with Gasteiger partial charge in [0.1, 0.15) is 6.61 Å². The highest BCUT2D eigenvalue weighted by atomic mass is 35.6. The van der Waals surface area contributed by atoms with E-state index < -0.39 is 28.0 Å². The van der Waals surface area contributed by atoms with E-state index in [0.717, 1.165) is 12.7 Å². The largest absolute Gasteiger partial charge is 0.465 e. The first-order valence-corrected chi connectivity index (χ1v) is 7.25. The highest BCUT2D eigenvalue weighted by Gasteiger charge is 2.34. The second kappa shape index (κ2) is 8.81. The van der Waals surface area contributed by atoms with E-state index in [0.29, 0.717) is 0 Å². The molecule has 10 heteroatoms. The predicted molar refractivity (Wildman–Crippen MR) is 84.7 cm³/mol. The van der Waals surface area contributed by atoms with Gasteiger partial charge in [0.2, 0.25) is 5.90 Å². The van der Waals surface area contributed by atoms with Gasteiger partial charge in [-0.05, 0) is 5.56 Å². The summed E-state index contributed by atoms with van der Waals surface area (Å²) in [6.07, 6.45) is -2.66. The molecule has 1 amide bonds. The normalized spacial score (nSPS) is 12.0. The number of alkyl carbamates (subject to hydrolysis) is 1. The highest BCUT2D eigenvalue weighted by Crippen LogP contribution is 2.28. The minimum Gasteiger partial charge on any atom is -0.465 e. The Morgan fingerprint density at radius 3 is 2.39 bits per heavy atom. The van der Waals surface area contributed by atoms with Gasteiger partial charge >= 0.3 is 12.1 Å². The summed E-state index contributed by atoms with van der Waals surface area (Å²) in [5.74, 6) is -1.86. The van der Waals surface area contributed by atoms with Crippen LogP contribution >= 0.6 is 34.8 Å². The second-order valence-corrected chi connectivity index (χ2v) is 6.34. The van der Waals surface area contributed by atoms with Gasteiger partial charge in [0, 0.05) is 0 Å². The van der Waals surface area contributed by atoms with E-state index in [-0.39, 0.29) is 6.61 Å². The zero-order valence-electron chi connectivity index (χ0n) is 11.8. The molecule has 0 aromatic heterocycles. The monoisotopic (exact) mass is 382 g/mol. The number of carbonyl (C=O) groups excluding carboxylic acids is 2. The Kier molecular flexibility index (Phi) is 7.41. The number of halogens is 3. The molecular weight excluding hydrogens is 371 g/mol. The number of ether oxygens (including phenoxy) is 3. The molecule has 126 valence electrons. The summed E-state index contributed by atoms with van der Waals surface area (Å²) in [6, 6.07) is 8.87. The molecule has 0 aliphatic heterocycles. The summed E-state index contributed by atoms with van der Waals surface area (Å²) in [5.41, 5.74) is 0.743. The predicted octanol–water partition coefficient (Wildman–Crippen LogP) is 2.78. The number of nitrogens with one attached hydrogen (secondary N) is 2. The first kappa shape index (κ1) is 19.3. The van der Waals surface area contributed by atoms with E-state index in [1.807, 2.05) is 6.07 Å². The van der Waals surface area contributed by atoms with E-state index in [1.165, 1.54) is 0 Å². The van der Waals surface area contributed by atoms with Gasteiger partial charge in [-0.2, -0.15) is 0 Å². The maximum absolute atomic E-state index is 11.7. The average molecular weight is 384 g/mol. The summed E-state index contributed by atoms with van der Waals surface area (Å²) in [7, 11) is 1.06. The Morgan fingerprint density at radius 1 is 1.26 bits per heavy atom. The Bertz CT molecular complexity index is 562. The summed E-state index contributed by atoms with van der Waals surface area (Å²) < 4.78 is 11.9. The molecule has 2 N–H and O–H groups in total. The maximum Gasteiger partial charge on any atom is 0.410 e. The standard InChI is InChI=1S/C13H13Cl3N2O5/c1-21-10(19)9(23-11(17)13(14,15)16)18-12(20)22-7-8-5-3-2-4-6-8/h2-6,9,17H,7H2,1H3,(H,18,20). The van der Waals surface area contributed by atoms with E-state index in [4.69, 9.17) is 49.7 Å². The Hall–Kier alpha value is -1.70. The van der Waals surface area contributed by atoms with E-state index in [1.54, 1.807) is 24.3 Å². The molecule has 1 aromatic carbocycles. The molecule has 0 spiro atoms. The van der Waals surface area contributed by atoms with Crippen LogP contribution in [0.25, 0.3) is 0 Å². The van der Waals surface area contributed by atoms with Crippen molar-refractivity contribution < 1.29 is 23.8 Å². The quantitative estimate of drug-likeness (QED) is 0.268. The third-order valence-electron chi connectivity index (χ3n) is 2.37. The van der Waals surface area contributed by atoms with Crippen molar-refractivity contribution in [1.29, 1.82) is 5.41 Å². The topological polar surface area (TPSA) is 97.7 Å². The first-order valence-electron chi connectivity index (χ1n) is 6.11. The number of amides is 1. The summed E-state index contributed by atoms with van der Waals surface area (Å²) >= 11 is 16.3. The summed E-state index contributed by atoms with van der Waals surface area (Å²) in [6.45, 7) is -0.0253. The molecule has 1 atom stereocenters. The molecule has 0 radical (unpaired) electrons. The molecule has 0 fully saturated rings. The molecule has 0 aliphatic carbocycles. The Balaban J connectivity index is 2.61. The zero-order chi connectivity index (χ0) is 17.5. The van der Waals surface area contributed by atoms with Crippen molar-refractivity contribution >= 4 is 52.8 Å². The fourth-order valence-electron chi connectivity index (χ4n) is 1.30. The van der Waals surface area contributed by atoms with E-state index in [2.05, 4.69) is 10.1 Å². The minimum absolute atomic E-state index is 0.0253. The Morgan fingerprint density at radius 2 is 1.87 bits per heavy atom. The van der Waals surface area contributed by atoms with Crippen LogP contribution in [0.2, 0.25) is 0 Å².